The molecular weight excluding hydrogens is 234 g/mol. The molecule has 0 aliphatic carbocycles. The fourth-order valence-corrected chi connectivity index (χ4v) is 3.09. The third-order valence-electron chi connectivity index (χ3n) is 1.68. The van der Waals surface area contributed by atoms with Gasteiger partial charge in [0.1, 0.15) is 5.01 Å². The average molecular weight is 249 g/mol. The number of rotatable bonds is 6. The standard InChI is InChI=1S/C9H15NOS3/c1-3-13-6-9-10-7(4-11-2)8(5-12)14-9/h12H,3-6H2,1-2H3. The summed E-state index contributed by atoms with van der Waals surface area (Å²) in [5, 5.41) is 1.19. The molecule has 0 spiro atoms. The van der Waals surface area contributed by atoms with Crippen LogP contribution in [0.15, 0.2) is 0 Å². The summed E-state index contributed by atoms with van der Waals surface area (Å²) in [5.74, 6) is 2.90. The van der Waals surface area contributed by atoms with E-state index in [9.17, 15) is 0 Å². The van der Waals surface area contributed by atoms with Gasteiger partial charge in [-0.15, -0.1) is 11.3 Å². The molecular formula is C9H15NOS3. The number of thiazole rings is 1. The van der Waals surface area contributed by atoms with E-state index in [1.165, 1.54) is 9.88 Å². The summed E-state index contributed by atoms with van der Waals surface area (Å²) in [6.45, 7) is 2.76. The van der Waals surface area contributed by atoms with Crippen molar-refractivity contribution < 1.29 is 4.74 Å². The van der Waals surface area contributed by atoms with Gasteiger partial charge in [-0.05, 0) is 5.75 Å². The summed E-state index contributed by atoms with van der Waals surface area (Å²) in [5.41, 5.74) is 1.05. The summed E-state index contributed by atoms with van der Waals surface area (Å²) in [7, 11) is 1.70. The number of hydrogen-bond acceptors (Lipinski definition) is 5. The molecule has 14 heavy (non-hydrogen) atoms. The Morgan fingerprint density at radius 2 is 2.36 bits per heavy atom. The Balaban J connectivity index is 2.67. The third-order valence-corrected chi connectivity index (χ3v) is 4.37. The lowest BCUT2D eigenvalue weighted by atomic mass is 10.4. The highest BCUT2D eigenvalue weighted by molar-refractivity contribution is 7.98. The topological polar surface area (TPSA) is 22.1 Å². The maximum atomic E-state index is 5.09. The minimum Gasteiger partial charge on any atom is -0.378 e. The predicted molar refractivity (Wildman–Crippen MR) is 67.4 cm³/mol. The molecule has 0 atom stereocenters. The van der Waals surface area contributed by atoms with Crippen molar-refractivity contribution in [2.24, 2.45) is 0 Å². The Labute approximate surface area is 98.9 Å². The second kappa shape index (κ2) is 6.71. The predicted octanol–water partition coefficient (Wildman–Crippen LogP) is 2.97. The van der Waals surface area contributed by atoms with Gasteiger partial charge in [-0.1, -0.05) is 6.92 Å². The summed E-state index contributed by atoms with van der Waals surface area (Å²) in [4.78, 5) is 5.77. The Bertz CT molecular complexity index is 275. The molecule has 0 aromatic carbocycles. The molecule has 5 heteroatoms. The SMILES string of the molecule is CCSCc1nc(COC)c(CS)s1. The molecule has 0 aliphatic rings. The van der Waals surface area contributed by atoms with Crippen LogP contribution in [0.3, 0.4) is 0 Å². The summed E-state index contributed by atoms with van der Waals surface area (Å²) >= 11 is 7.93. The minimum atomic E-state index is 0.600. The molecule has 0 saturated heterocycles. The largest absolute Gasteiger partial charge is 0.378 e. The van der Waals surface area contributed by atoms with E-state index in [0.29, 0.717) is 6.61 Å². The molecule has 0 unspecified atom stereocenters. The molecule has 0 radical (unpaired) electrons. The molecule has 1 rings (SSSR count). The molecule has 80 valence electrons. The fourth-order valence-electron chi connectivity index (χ4n) is 1.06. The van der Waals surface area contributed by atoms with E-state index < -0.39 is 0 Å². The van der Waals surface area contributed by atoms with Gasteiger partial charge in [-0.3, -0.25) is 0 Å². The molecule has 0 fully saturated rings. The molecule has 1 heterocycles. The van der Waals surface area contributed by atoms with Gasteiger partial charge in [0.25, 0.3) is 0 Å². The normalized spacial score (nSPS) is 10.8. The Kier molecular flexibility index (Phi) is 5.93. The van der Waals surface area contributed by atoms with Crippen molar-refractivity contribution in [2.75, 3.05) is 12.9 Å². The quantitative estimate of drug-likeness (QED) is 0.784. The van der Waals surface area contributed by atoms with E-state index in [4.69, 9.17) is 4.74 Å². The highest BCUT2D eigenvalue weighted by atomic mass is 32.2. The number of aromatic nitrogens is 1. The Morgan fingerprint density at radius 1 is 1.57 bits per heavy atom. The van der Waals surface area contributed by atoms with Crippen molar-refractivity contribution in [1.29, 1.82) is 0 Å². The first-order chi connectivity index (χ1) is 6.81. The van der Waals surface area contributed by atoms with E-state index in [2.05, 4.69) is 24.5 Å². The molecule has 2 nitrogen and oxygen atoms in total. The first kappa shape index (κ1) is 12.4. The lowest BCUT2D eigenvalue weighted by Crippen LogP contribution is -1.91. The Hall–Kier alpha value is 0.290. The van der Waals surface area contributed by atoms with Crippen molar-refractivity contribution in [3.63, 3.8) is 0 Å². The van der Waals surface area contributed by atoms with Crippen LogP contribution in [0.1, 0.15) is 22.5 Å². The second-order valence-electron chi connectivity index (χ2n) is 2.71. The Morgan fingerprint density at radius 3 is 2.93 bits per heavy atom. The van der Waals surface area contributed by atoms with Crippen LogP contribution < -0.4 is 0 Å². The molecule has 0 amide bonds. The molecule has 0 aliphatic heterocycles. The molecule has 1 aromatic heterocycles. The minimum absolute atomic E-state index is 0.600. The molecule has 1 aromatic rings. The van der Waals surface area contributed by atoms with Gasteiger partial charge >= 0.3 is 0 Å². The van der Waals surface area contributed by atoms with Crippen LogP contribution in [0.4, 0.5) is 0 Å². The monoisotopic (exact) mass is 249 g/mol. The van der Waals surface area contributed by atoms with Crippen LogP contribution in [0.25, 0.3) is 0 Å². The van der Waals surface area contributed by atoms with E-state index in [0.717, 1.165) is 23.0 Å². The summed E-state index contributed by atoms with van der Waals surface area (Å²) in [6, 6.07) is 0. The maximum Gasteiger partial charge on any atom is 0.103 e. The number of thiol groups is 1. The van der Waals surface area contributed by atoms with Crippen molar-refractivity contribution >= 4 is 35.7 Å². The zero-order chi connectivity index (χ0) is 10.4. The number of nitrogens with zero attached hydrogens (tertiary/aromatic N) is 1. The summed E-state index contributed by atoms with van der Waals surface area (Å²) in [6.07, 6.45) is 0. The fraction of sp³-hybridized carbons (Fsp3) is 0.667. The maximum absolute atomic E-state index is 5.09. The van der Waals surface area contributed by atoms with E-state index >= 15 is 0 Å². The zero-order valence-electron chi connectivity index (χ0n) is 8.45. The highest BCUT2D eigenvalue weighted by Gasteiger charge is 2.09. The first-order valence-electron chi connectivity index (χ1n) is 4.46. The van der Waals surface area contributed by atoms with E-state index in [-0.39, 0.29) is 0 Å². The van der Waals surface area contributed by atoms with Crippen LogP contribution >= 0.6 is 35.7 Å². The number of methoxy groups -OCH3 is 1. The second-order valence-corrected chi connectivity index (χ2v) is 5.46. The van der Waals surface area contributed by atoms with Crippen molar-refractivity contribution in [3.05, 3.63) is 15.6 Å². The van der Waals surface area contributed by atoms with E-state index in [1.807, 2.05) is 11.8 Å². The van der Waals surface area contributed by atoms with Crippen LogP contribution in [-0.4, -0.2) is 17.8 Å². The van der Waals surface area contributed by atoms with Crippen LogP contribution in [-0.2, 0) is 22.8 Å². The lowest BCUT2D eigenvalue weighted by molar-refractivity contribution is 0.181. The van der Waals surface area contributed by atoms with Crippen LogP contribution in [0, 0.1) is 0 Å². The first-order valence-corrected chi connectivity index (χ1v) is 7.07. The number of hydrogen-bond donors (Lipinski definition) is 1. The molecule has 0 bridgehead atoms. The van der Waals surface area contributed by atoms with Gasteiger partial charge in [0.15, 0.2) is 0 Å². The smallest absolute Gasteiger partial charge is 0.103 e. The highest BCUT2D eigenvalue weighted by Crippen LogP contribution is 2.24. The van der Waals surface area contributed by atoms with Gasteiger partial charge < -0.3 is 4.74 Å². The van der Waals surface area contributed by atoms with Crippen LogP contribution in [0.5, 0.6) is 0 Å². The van der Waals surface area contributed by atoms with Gasteiger partial charge in [-0.25, -0.2) is 4.98 Å². The summed E-state index contributed by atoms with van der Waals surface area (Å²) < 4.78 is 5.09. The third kappa shape index (κ3) is 3.46. The van der Waals surface area contributed by atoms with Crippen molar-refractivity contribution in [2.45, 2.75) is 25.0 Å². The van der Waals surface area contributed by atoms with Gasteiger partial charge in [0.2, 0.25) is 0 Å². The van der Waals surface area contributed by atoms with Crippen LogP contribution in [0.2, 0.25) is 0 Å². The number of ether oxygens (including phenoxy) is 1. The molecule has 0 saturated carbocycles. The zero-order valence-corrected chi connectivity index (χ0v) is 11.0. The lowest BCUT2D eigenvalue weighted by Gasteiger charge is -1.95. The van der Waals surface area contributed by atoms with Crippen molar-refractivity contribution in [1.82, 2.24) is 4.98 Å². The van der Waals surface area contributed by atoms with Gasteiger partial charge in [0.05, 0.1) is 12.3 Å². The number of thioether (sulfide) groups is 1. The average Bonchev–Trinajstić information content (AvgIpc) is 2.58. The van der Waals surface area contributed by atoms with Gasteiger partial charge in [0, 0.05) is 23.5 Å². The molecule has 0 N–H and O–H groups in total. The van der Waals surface area contributed by atoms with Crippen molar-refractivity contribution in [3.8, 4) is 0 Å². The van der Waals surface area contributed by atoms with Gasteiger partial charge in [-0.2, -0.15) is 24.4 Å². The van der Waals surface area contributed by atoms with E-state index in [1.54, 1.807) is 18.4 Å².